The van der Waals surface area contributed by atoms with Gasteiger partial charge in [-0.3, -0.25) is 4.79 Å². The second-order valence-corrected chi connectivity index (χ2v) is 6.63. The molecule has 0 spiro atoms. The Hall–Kier alpha value is -2.14. The third-order valence-electron chi connectivity index (χ3n) is 4.38. The van der Waals surface area contributed by atoms with Gasteiger partial charge in [0.25, 0.3) is 5.91 Å². The number of carbonyl (C=O) groups is 2. The van der Waals surface area contributed by atoms with Crippen LogP contribution >= 0.6 is 0 Å². The highest BCUT2D eigenvalue weighted by atomic mass is 16.6. The van der Waals surface area contributed by atoms with Gasteiger partial charge in [-0.1, -0.05) is 57.2 Å². The lowest BCUT2D eigenvalue weighted by Crippen LogP contribution is -2.42. The largest absolute Gasteiger partial charge is 0.447 e. The molecule has 1 N–H and O–H groups in total. The van der Waals surface area contributed by atoms with Gasteiger partial charge < -0.3 is 9.84 Å². The first kappa shape index (κ1) is 18.2. The van der Waals surface area contributed by atoms with Crippen molar-refractivity contribution in [1.29, 1.82) is 0 Å². The molecule has 3 atom stereocenters. The number of hydrogen-bond donors (Lipinski definition) is 1. The standard InChI is InChI=1S/C19H25NO4/c1-12(2)16-11-24-19(23)20(16)18(22)14(4)10-13(3)17(21)15-8-6-5-7-9-15/h5-10,12-13,16-17,21H,11H2,1-4H3/b14-10+/t13-,16+,17-/m0/s1. The fraction of sp³-hybridized carbons (Fsp3) is 0.474. The van der Waals surface area contributed by atoms with Gasteiger partial charge in [0, 0.05) is 11.5 Å². The molecule has 1 aliphatic rings. The molecule has 2 rings (SSSR count). The van der Waals surface area contributed by atoms with Crippen LogP contribution < -0.4 is 0 Å². The Kier molecular flexibility index (Phi) is 5.78. The lowest BCUT2D eigenvalue weighted by molar-refractivity contribution is -0.125. The average molecular weight is 331 g/mol. The fourth-order valence-electron chi connectivity index (χ4n) is 2.86. The topological polar surface area (TPSA) is 66.8 Å². The minimum Gasteiger partial charge on any atom is -0.447 e. The summed E-state index contributed by atoms with van der Waals surface area (Å²) in [5.41, 5.74) is 1.23. The van der Waals surface area contributed by atoms with Crippen LogP contribution in [0.1, 0.15) is 39.4 Å². The van der Waals surface area contributed by atoms with Gasteiger partial charge in [-0.2, -0.15) is 0 Å². The van der Waals surface area contributed by atoms with Gasteiger partial charge in [-0.25, -0.2) is 9.69 Å². The molecule has 2 amide bonds. The van der Waals surface area contributed by atoms with E-state index in [1.54, 1.807) is 13.0 Å². The van der Waals surface area contributed by atoms with Crippen LogP contribution in [0.2, 0.25) is 0 Å². The Morgan fingerprint density at radius 1 is 1.29 bits per heavy atom. The first-order chi connectivity index (χ1) is 11.3. The van der Waals surface area contributed by atoms with Crippen molar-refractivity contribution in [2.24, 2.45) is 11.8 Å². The highest BCUT2D eigenvalue weighted by Crippen LogP contribution is 2.26. The van der Waals surface area contributed by atoms with Crippen molar-refractivity contribution in [3.63, 3.8) is 0 Å². The molecule has 24 heavy (non-hydrogen) atoms. The van der Waals surface area contributed by atoms with E-state index in [-0.39, 0.29) is 30.4 Å². The summed E-state index contributed by atoms with van der Waals surface area (Å²) in [5.74, 6) is -0.490. The quantitative estimate of drug-likeness (QED) is 0.841. The van der Waals surface area contributed by atoms with Crippen LogP contribution in [-0.2, 0) is 9.53 Å². The molecule has 130 valence electrons. The van der Waals surface area contributed by atoms with Gasteiger partial charge in [0.05, 0.1) is 12.1 Å². The van der Waals surface area contributed by atoms with E-state index >= 15 is 0 Å². The van der Waals surface area contributed by atoms with Gasteiger partial charge in [-0.05, 0) is 18.4 Å². The van der Waals surface area contributed by atoms with Gasteiger partial charge in [0.2, 0.25) is 0 Å². The van der Waals surface area contributed by atoms with Crippen molar-refractivity contribution in [2.75, 3.05) is 6.61 Å². The van der Waals surface area contributed by atoms with Crippen molar-refractivity contribution in [3.8, 4) is 0 Å². The molecule has 1 fully saturated rings. The van der Waals surface area contributed by atoms with Crippen molar-refractivity contribution < 1.29 is 19.4 Å². The molecular weight excluding hydrogens is 306 g/mol. The zero-order valence-corrected chi connectivity index (χ0v) is 14.6. The Labute approximate surface area is 142 Å². The second kappa shape index (κ2) is 7.62. The van der Waals surface area contributed by atoms with Crippen LogP contribution in [0.25, 0.3) is 0 Å². The maximum atomic E-state index is 12.6. The smallest absolute Gasteiger partial charge is 0.417 e. The number of amides is 2. The second-order valence-electron chi connectivity index (χ2n) is 6.63. The maximum Gasteiger partial charge on any atom is 0.417 e. The average Bonchev–Trinajstić information content (AvgIpc) is 2.95. The third kappa shape index (κ3) is 3.85. The third-order valence-corrected chi connectivity index (χ3v) is 4.38. The zero-order chi connectivity index (χ0) is 17.9. The Morgan fingerprint density at radius 3 is 2.50 bits per heavy atom. The van der Waals surface area contributed by atoms with Crippen LogP contribution in [0.5, 0.6) is 0 Å². The predicted molar refractivity (Wildman–Crippen MR) is 91.1 cm³/mol. The molecule has 1 aliphatic heterocycles. The van der Waals surface area contributed by atoms with Crippen LogP contribution in [0.3, 0.4) is 0 Å². The van der Waals surface area contributed by atoms with E-state index in [0.29, 0.717) is 5.57 Å². The summed E-state index contributed by atoms with van der Waals surface area (Å²) in [6.45, 7) is 7.65. The van der Waals surface area contributed by atoms with Crippen LogP contribution in [-0.4, -0.2) is 34.7 Å². The monoisotopic (exact) mass is 331 g/mol. The highest BCUT2D eigenvalue weighted by Gasteiger charge is 2.39. The lowest BCUT2D eigenvalue weighted by Gasteiger charge is -2.23. The Morgan fingerprint density at radius 2 is 1.92 bits per heavy atom. The van der Waals surface area contributed by atoms with E-state index in [2.05, 4.69) is 0 Å². The minimum absolute atomic E-state index is 0.125. The van der Waals surface area contributed by atoms with Gasteiger partial charge in [-0.15, -0.1) is 0 Å². The number of carbonyl (C=O) groups excluding carboxylic acids is 2. The van der Waals surface area contributed by atoms with E-state index in [4.69, 9.17) is 4.74 Å². The van der Waals surface area contributed by atoms with Crippen LogP contribution in [0.4, 0.5) is 4.79 Å². The molecule has 0 bridgehead atoms. The molecule has 0 aliphatic carbocycles. The van der Waals surface area contributed by atoms with Crippen LogP contribution in [0, 0.1) is 11.8 Å². The van der Waals surface area contributed by atoms with Crippen LogP contribution in [0.15, 0.2) is 42.0 Å². The number of aliphatic hydroxyl groups excluding tert-OH is 1. The van der Waals surface area contributed by atoms with E-state index in [0.717, 1.165) is 5.56 Å². The summed E-state index contributed by atoms with van der Waals surface area (Å²) in [7, 11) is 0. The number of aliphatic hydroxyl groups is 1. The predicted octanol–water partition coefficient (Wildman–Crippen LogP) is 3.31. The van der Waals surface area contributed by atoms with Gasteiger partial charge >= 0.3 is 6.09 Å². The Bertz CT molecular complexity index is 624. The van der Waals surface area contributed by atoms with Gasteiger partial charge in [0.1, 0.15) is 6.61 Å². The first-order valence-electron chi connectivity index (χ1n) is 8.24. The summed E-state index contributed by atoms with van der Waals surface area (Å²) in [5, 5.41) is 10.4. The summed E-state index contributed by atoms with van der Waals surface area (Å²) in [4.78, 5) is 25.7. The molecule has 1 heterocycles. The minimum atomic E-state index is -0.708. The molecule has 1 aromatic carbocycles. The van der Waals surface area contributed by atoms with E-state index in [1.807, 2.05) is 51.1 Å². The number of imide groups is 1. The summed E-state index contributed by atoms with van der Waals surface area (Å²) in [6.07, 6.45) is 0.409. The normalized spacial score (nSPS) is 20.9. The molecule has 0 aromatic heterocycles. The molecular formula is C19H25NO4. The highest BCUT2D eigenvalue weighted by molar-refractivity contribution is 6.03. The molecule has 0 saturated carbocycles. The number of benzene rings is 1. The van der Waals surface area contributed by atoms with E-state index in [9.17, 15) is 14.7 Å². The molecule has 0 radical (unpaired) electrons. The number of hydrogen-bond acceptors (Lipinski definition) is 4. The molecule has 1 aromatic rings. The maximum absolute atomic E-state index is 12.6. The number of rotatable bonds is 5. The summed E-state index contributed by atoms with van der Waals surface area (Å²) < 4.78 is 5.02. The van der Waals surface area contributed by atoms with Crippen molar-refractivity contribution in [2.45, 2.75) is 39.8 Å². The molecule has 5 heteroatoms. The molecule has 1 saturated heterocycles. The number of nitrogens with zero attached hydrogens (tertiary/aromatic N) is 1. The lowest BCUT2D eigenvalue weighted by atomic mass is 9.95. The zero-order valence-electron chi connectivity index (χ0n) is 14.6. The van der Waals surface area contributed by atoms with Crippen molar-refractivity contribution in [3.05, 3.63) is 47.5 Å². The van der Waals surface area contributed by atoms with Crippen molar-refractivity contribution in [1.82, 2.24) is 4.90 Å². The van der Waals surface area contributed by atoms with E-state index < -0.39 is 12.2 Å². The SMILES string of the molecule is C/C(=C\[C@H](C)[C@H](O)c1ccccc1)C(=O)N1C(=O)OC[C@@H]1C(C)C. The number of cyclic esters (lactones) is 1. The van der Waals surface area contributed by atoms with E-state index in [1.165, 1.54) is 4.90 Å². The Balaban J connectivity index is 2.14. The fourth-order valence-corrected chi connectivity index (χ4v) is 2.86. The number of ether oxygens (including phenoxy) is 1. The summed E-state index contributed by atoms with van der Waals surface area (Å²) >= 11 is 0. The first-order valence-corrected chi connectivity index (χ1v) is 8.24. The van der Waals surface area contributed by atoms with Crippen molar-refractivity contribution >= 4 is 12.0 Å². The summed E-state index contributed by atoms with van der Waals surface area (Å²) in [6, 6.07) is 9.05. The van der Waals surface area contributed by atoms with Gasteiger partial charge in [0.15, 0.2) is 0 Å². The molecule has 5 nitrogen and oxygen atoms in total. The molecule has 0 unspecified atom stereocenters.